The van der Waals surface area contributed by atoms with E-state index in [9.17, 15) is 9.36 Å². The van der Waals surface area contributed by atoms with Crippen molar-refractivity contribution in [3.63, 3.8) is 0 Å². The molecule has 0 heterocycles. The van der Waals surface area contributed by atoms with Crippen LogP contribution in [0.25, 0.3) is 0 Å². The SMILES string of the molecule is CCOP(=O)(OCC)[C@H](Sc1ccccc1)C(=O)N(CC)CC. The maximum absolute atomic E-state index is 13.2. The number of nitrogens with zero attached hydrogens (tertiary/aromatic N) is 1. The van der Waals surface area contributed by atoms with Crippen molar-refractivity contribution < 1.29 is 18.4 Å². The second kappa shape index (κ2) is 10.1. The van der Waals surface area contributed by atoms with Gasteiger partial charge in [0.2, 0.25) is 5.91 Å². The molecule has 0 aromatic heterocycles. The highest BCUT2D eigenvalue weighted by atomic mass is 32.2. The van der Waals surface area contributed by atoms with E-state index in [4.69, 9.17) is 9.05 Å². The maximum atomic E-state index is 13.2. The van der Waals surface area contributed by atoms with Gasteiger partial charge in [0.15, 0.2) is 4.99 Å². The highest BCUT2D eigenvalue weighted by Crippen LogP contribution is 2.58. The molecule has 0 spiro atoms. The van der Waals surface area contributed by atoms with E-state index in [1.807, 2.05) is 44.2 Å². The van der Waals surface area contributed by atoms with Crippen LogP contribution in [0.1, 0.15) is 27.7 Å². The van der Waals surface area contributed by atoms with E-state index in [1.54, 1.807) is 18.7 Å². The summed E-state index contributed by atoms with van der Waals surface area (Å²) in [4.78, 5) is 14.5. The van der Waals surface area contributed by atoms with Crippen molar-refractivity contribution >= 4 is 25.3 Å². The van der Waals surface area contributed by atoms with E-state index in [0.29, 0.717) is 13.1 Å². The fraction of sp³-hybridized carbons (Fsp3) is 0.562. The number of hydrogen-bond acceptors (Lipinski definition) is 5. The molecule has 5 nitrogen and oxygen atoms in total. The summed E-state index contributed by atoms with van der Waals surface area (Å²) in [6, 6.07) is 9.43. The minimum absolute atomic E-state index is 0.214. The fourth-order valence-electron chi connectivity index (χ4n) is 2.10. The molecule has 1 aromatic rings. The van der Waals surface area contributed by atoms with Gasteiger partial charge in [0.25, 0.3) is 0 Å². The second-order valence-electron chi connectivity index (χ2n) is 4.67. The lowest BCUT2D eigenvalue weighted by Gasteiger charge is -2.29. The van der Waals surface area contributed by atoms with Gasteiger partial charge in [0, 0.05) is 18.0 Å². The third-order valence-electron chi connectivity index (χ3n) is 3.18. The zero-order valence-electron chi connectivity index (χ0n) is 14.2. The molecule has 0 bridgehead atoms. The van der Waals surface area contributed by atoms with Crippen LogP contribution in [-0.4, -0.2) is 42.1 Å². The lowest BCUT2D eigenvalue weighted by Crippen LogP contribution is -2.38. The molecular weight excluding hydrogens is 333 g/mol. The van der Waals surface area contributed by atoms with E-state index in [2.05, 4.69) is 0 Å². The molecule has 0 fully saturated rings. The van der Waals surface area contributed by atoms with E-state index >= 15 is 0 Å². The van der Waals surface area contributed by atoms with Crippen LogP contribution in [-0.2, 0) is 18.4 Å². The van der Waals surface area contributed by atoms with Crippen LogP contribution < -0.4 is 0 Å². The zero-order chi connectivity index (χ0) is 17.3. The molecule has 1 rings (SSSR count). The van der Waals surface area contributed by atoms with Crippen LogP contribution in [0.15, 0.2) is 35.2 Å². The van der Waals surface area contributed by atoms with Crippen molar-refractivity contribution in [2.24, 2.45) is 0 Å². The van der Waals surface area contributed by atoms with Crippen molar-refractivity contribution in [1.29, 1.82) is 0 Å². The van der Waals surface area contributed by atoms with Crippen molar-refractivity contribution in [2.75, 3.05) is 26.3 Å². The summed E-state index contributed by atoms with van der Waals surface area (Å²) in [6.07, 6.45) is 0. The molecule has 0 aliphatic heterocycles. The Morgan fingerprint density at radius 2 is 1.61 bits per heavy atom. The van der Waals surface area contributed by atoms with Crippen LogP contribution in [0, 0.1) is 0 Å². The van der Waals surface area contributed by atoms with Crippen molar-refractivity contribution in [1.82, 2.24) is 4.90 Å². The highest BCUT2D eigenvalue weighted by Gasteiger charge is 2.43. The predicted molar refractivity (Wildman–Crippen MR) is 94.9 cm³/mol. The summed E-state index contributed by atoms with van der Waals surface area (Å²) in [5.41, 5.74) is 0. The van der Waals surface area contributed by atoms with Gasteiger partial charge >= 0.3 is 7.60 Å². The molecule has 1 atom stereocenters. The summed E-state index contributed by atoms with van der Waals surface area (Å²) < 4.78 is 24.0. The number of benzene rings is 1. The van der Waals surface area contributed by atoms with Crippen molar-refractivity contribution in [3.8, 4) is 0 Å². The van der Waals surface area contributed by atoms with Gasteiger partial charge < -0.3 is 13.9 Å². The highest BCUT2D eigenvalue weighted by molar-refractivity contribution is 8.06. The van der Waals surface area contributed by atoms with Gasteiger partial charge in [-0.05, 0) is 39.8 Å². The third-order valence-corrected chi connectivity index (χ3v) is 7.27. The van der Waals surface area contributed by atoms with E-state index < -0.39 is 12.6 Å². The minimum atomic E-state index is -3.56. The Hall–Kier alpha value is -0.810. The van der Waals surface area contributed by atoms with E-state index in [1.165, 1.54) is 11.8 Å². The van der Waals surface area contributed by atoms with Crippen LogP contribution in [0.5, 0.6) is 0 Å². The first-order chi connectivity index (χ1) is 11.0. The topological polar surface area (TPSA) is 55.8 Å². The molecule has 0 aliphatic rings. The van der Waals surface area contributed by atoms with E-state index in [-0.39, 0.29) is 19.1 Å². The molecule has 1 amide bonds. The number of thioether (sulfide) groups is 1. The molecule has 0 aliphatic carbocycles. The summed E-state index contributed by atoms with van der Waals surface area (Å²) in [5.74, 6) is -0.214. The molecule has 0 radical (unpaired) electrons. The van der Waals surface area contributed by atoms with Gasteiger partial charge in [-0.1, -0.05) is 30.0 Å². The molecule has 7 heteroatoms. The molecule has 130 valence electrons. The van der Waals surface area contributed by atoms with Crippen LogP contribution in [0.3, 0.4) is 0 Å². The smallest absolute Gasteiger partial charge is 0.342 e. The Morgan fingerprint density at radius 3 is 2.04 bits per heavy atom. The zero-order valence-corrected chi connectivity index (χ0v) is 15.9. The Labute approximate surface area is 143 Å². The fourth-order valence-corrected chi connectivity index (χ4v) is 5.67. The molecule has 0 saturated heterocycles. The lowest BCUT2D eigenvalue weighted by molar-refractivity contribution is -0.129. The number of carbonyl (C=O) groups excluding carboxylic acids is 1. The van der Waals surface area contributed by atoms with Crippen LogP contribution in [0.4, 0.5) is 0 Å². The Bertz CT molecular complexity index is 512. The number of amides is 1. The first kappa shape index (κ1) is 20.2. The third kappa shape index (κ3) is 5.64. The second-order valence-corrected chi connectivity index (χ2v) is 8.31. The summed E-state index contributed by atoms with van der Waals surface area (Å²) in [7, 11) is -3.56. The summed E-state index contributed by atoms with van der Waals surface area (Å²) >= 11 is 1.24. The Balaban J connectivity index is 3.18. The molecule has 0 saturated carbocycles. The number of rotatable bonds is 10. The number of carbonyl (C=O) groups is 1. The average molecular weight is 359 g/mol. The first-order valence-electron chi connectivity index (χ1n) is 7.91. The van der Waals surface area contributed by atoms with Gasteiger partial charge in [-0.2, -0.15) is 0 Å². The summed E-state index contributed by atoms with van der Waals surface area (Å²) in [5, 5.41) is 0. The predicted octanol–water partition coefficient (Wildman–Crippen LogP) is 4.24. The average Bonchev–Trinajstić information content (AvgIpc) is 2.55. The molecule has 0 unspecified atom stereocenters. The Kier molecular flexibility index (Phi) is 8.92. The van der Waals surface area contributed by atoms with Gasteiger partial charge in [0.05, 0.1) is 13.2 Å². The van der Waals surface area contributed by atoms with Crippen molar-refractivity contribution in [2.45, 2.75) is 37.6 Å². The molecular formula is C16H26NO4PS. The molecule has 23 heavy (non-hydrogen) atoms. The Morgan fingerprint density at radius 1 is 1.09 bits per heavy atom. The normalized spacial score (nSPS) is 12.9. The quantitative estimate of drug-likeness (QED) is 0.462. The van der Waals surface area contributed by atoms with Gasteiger partial charge in [-0.15, -0.1) is 0 Å². The van der Waals surface area contributed by atoms with Crippen molar-refractivity contribution in [3.05, 3.63) is 30.3 Å². The largest absolute Gasteiger partial charge is 0.353 e. The monoisotopic (exact) mass is 359 g/mol. The van der Waals surface area contributed by atoms with Gasteiger partial charge in [0.1, 0.15) is 0 Å². The number of hydrogen-bond donors (Lipinski definition) is 0. The first-order valence-corrected chi connectivity index (χ1v) is 10.4. The minimum Gasteiger partial charge on any atom is -0.342 e. The molecule has 0 N–H and O–H groups in total. The standard InChI is InChI=1S/C16H26NO4PS/c1-5-17(6-2)15(18)16(22(19,20-7-3)21-8-4)23-14-12-10-9-11-13-14/h9-13,16H,5-8H2,1-4H3/t16-/m1/s1. The van der Waals surface area contributed by atoms with E-state index in [0.717, 1.165) is 4.90 Å². The van der Waals surface area contributed by atoms with Gasteiger partial charge in [-0.3, -0.25) is 9.36 Å². The van der Waals surface area contributed by atoms with Crippen LogP contribution in [0.2, 0.25) is 0 Å². The lowest BCUT2D eigenvalue weighted by atomic mass is 10.4. The maximum Gasteiger partial charge on any atom is 0.353 e. The summed E-state index contributed by atoms with van der Waals surface area (Å²) in [6.45, 7) is 8.87. The molecule has 1 aromatic carbocycles. The van der Waals surface area contributed by atoms with Gasteiger partial charge in [-0.25, -0.2) is 0 Å². The van der Waals surface area contributed by atoms with Crippen LogP contribution >= 0.6 is 19.4 Å².